The van der Waals surface area contributed by atoms with Crippen LogP contribution in [0.25, 0.3) is 0 Å². The van der Waals surface area contributed by atoms with Crippen LogP contribution < -0.4 is 0 Å². The van der Waals surface area contributed by atoms with Gasteiger partial charge in [0, 0.05) is 25.1 Å². The van der Waals surface area contributed by atoms with Crippen molar-refractivity contribution in [3.63, 3.8) is 0 Å². The lowest BCUT2D eigenvalue weighted by molar-refractivity contribution is -0.0713. The molecular formula is C25H30N2O2. The molecule has 0 spiro atoms. The molecule has 3 aliphatic rings. The van der Waals surface area contributed by atoms with Gasteiger partial charge in [-0.2, -0.15) is 0 Å². The molecule has 2 unspecified atom stereocenters. The summed E-state index contributed by atoms with van der Waals surface area (Å²) in [5.41, 5.74) is 3.24. The number of hydrogen-bond acceptors (Lipinski definition) is 4. The van der Waals surface area contributed by atoms with Crippen LogP contribution in [0, 0.1) is 17.8 Å². The molecule has 4 nitrogen and oxygen atoms in total. The highest BCUT2D eigenvalue weighted by Crippen LogP contribution is 2.35. The average molecular weight is 391 g/mol. The molecule has 2 aromatic rings. The van der Waals surface area contributed by atoms with Gasteiger partial charge in [0.25, 0.3) is 0 Å². The number of aryl methyl sites for hydroxylation is 1. The van der Waals surface area contributed by atoms with E-state index < -0.39 is 5.60 Å². The zero-order valence-corrected chi connectivity index (χ0v) is 17.1. The van der Waals surface area contributed by atoms with Crippen molar-refractivity contribution >= 4 is 0 Å². The number of aliphatic hydroxyl groups excluding tert-OH is 1. The number of aliphatic hydroxyl groups is 2. The summed E-state index contributed by atoms with van der Waals surface area (Å²) >= 11 is 0. The quantitative estimate of drug-likeness (QED) is 0.771. The van der Waals surface area contributed by atoms with Crippen molar-refractivity contribution in [2.24, 2.45) is 5.92 Å². The summed E-state index contributed by atoms with van der Waals surface area (Å²) in [7, 11) is 0. The van der Waals surface area contributed by atoms with Gasteiger partial charge in [0.1, 0.15) is 11.3 Å². The van der Waals surface area contributed by atoms with Crippen molar-refractivity contribution < 1.29 is 10.2 Å². The fourth-order valence-electron chi connectivity index (χ4n) is 4.48. The van der Waals surface area contributed by atoms with E-state index in [-0.39, 0.29) is 12.0 Å². The van der Waals surface area contributed by atoms with Crippen LogP contribution in [-0.2, 0) is 12.8 Å². The summed E-state index contributed by atoms with van der Waals surface area (Å²) in [6.45, 7) is 4.60. The largest absolute Gasteiger partial charge is 0.393 e. The van der Waals surface area contributed by atoms with Gasteiger partial charge in [0.2, 0.25) is 0 Å². The Labute approximate surface area is 173 Å². The van der Waals surface area contributed by atoms with E-state index in [0.29, 0.717) is 6.54 Å². The zero-order valence-electron chi connectivity index (χ0n) is 17.1. The Balaban J connectivity index is 1.62. The number of rotatable bonds is 5. The van der Waals surface area contributed by atoms with Crippen LogP contribution in [0.15, 0.2) is 42.6 Å². The number of benzene rings is 1. The monoisotopic (exact) mass is 390 g/mol. The molecule has 0 radical (unpaired) electrons. The molecule has 5 rings (SSSR count). The van der Waals surface area contributed by atoms with Crippen molar-refractivity contribution in [1.82, 2.24) is 9.88 Å². The molecule has 1 aromatic heterocycles. The van der Waals surface area contributed by atoms with E-state index in [1.54, 1.807) is 0 Å². The molecule has 0 amide bonds. The summed E-state index contributed by atoms with van der Waals surface area (Å²) in [4.78, 5) is 6.96. The molecule has 3 fully saturated rings. The summed E-state index contributed by atoms with van der Waals surface area (Å²) in [6.07, 6.45) is 5.85. The van der Waals surface area contributed by atoms with Gasteiger partial charge in [-0.15, -0.1) is 0 Å². The number of fused-ring (bicyclic) bond motifs is 3. The second kappa shape index (κ2) is 8.67. The predicted octanol–water partition coefficient (Wildman–Crippen LogP) is 2.79. The number of piperidine rings is 3. The van der Waals surface area contributed by atoms with Crippen LogP contribution in [0.2, 0.25) is 0 Å². The molecule has 2 atom stereocenters. The Morgan fingerprint density at radius 3 is 2.62 bits per heavy atom. The molecule has 152 valence electrons. The lowest BCUT2D eigenvalue weighted by Crippen LogP contribution is -2.58. The second-order valence-corrected chi connectivity index (χ2v) is 8.63. The predicted molar refractivity (Wildman–Crippen MR) is 114 cm³/mol. The van der Waals surface area contributed by atoms with Crippen molar-refractivity contribution in [3.8, 4) is 11.8 Å². The SMILES string of the molecule is CC(O)CCc1cnc(C#CC2(O)CN3CCC2CC3)c(Cc2ccccc2)c1. The van der Waals surface area contributed by atoms with Gasteiger partial charge in [-0.25, -0.2) is 4.98 Å². The zero-order chi connectivity index (χ0) is 20.3. The molecule has 0 saturated carbocycles. The van der Waals surface area contributed by atoms with Crippen LogP contribution in [0.1, 0.15) is 48.6 Å². The van der Waals surface area contributed by atoms with Gasteiger partial charge in [-0.05, 0) is 68.3 Å². The maximum absolute atomic E-state index is 11.1. The first kappa shape index (κ1) is 20.1. The maximum Gasteiger partial charge on any atom is 0.141 e. The molecule has 3 saturated heterocycles. The Kier molecular flexibility index (Phi) is 6.01. The Morgan fingerprint density at radius 1 is 1.21 bits per heavy atom. The van der Waals surface area contributed by atoms with E-state index in [9.17, 15) is 10.2 Å². The third-order valence-electron chi connectivity index (χ3n) is 6.24. The van der Waals surface area contributed by atoms with Crippen LogP contribution >= 0.6 is 0 Å². The molecule has 2 N–H and O–H groups in total. The van der Waals surface area contributed by atoms with Crippen molar-refractivity contribution in [2.75, 3.05) is 19.6 Å². The van der Waals surface area contributed by atoms with Gasteiger partial charge in [0.05, 0.1) is 6.10 Å². The highest BCUT2D eigenvalue weighted by molar-refractivity contribution is 5.42. The Morgan fingerprint density at radius 2 is 1.97 bits per heavy atom. The molecule has 0 aliphatic carbocycles. The normalized spacial score (nSPS) is 26.6. The fourth-order valence-corrected chi connectivity index (χ4v) is 4.48. The molecular weight excluding hydrogens is 360 g/mol. The van der Waals surface area contributed by atoms with E-state index >= 15 is 0 Å². The number of pyridine rings is 1. The minimum atomic E-state index is -0.923. The first-order valence-corrected chi connectivity index (χ1v) is 10.7. The van der Waals surface area contributed by atoms with Crippen LogP contribution in [0.4, 0.5) is 0 Å². The molecule has 4 heterocycles. The summed E-state index contributed by atoms with van der Waals surface area (Å²) in [5, 5.41) is 20.7. The van der Waals surface area contributed by atoms with E-state index in [0.717, 1.165) is 62.0 Å². The number of hydrogen-bond donors (Lipinski definition) is 2. The van der Waals surface area contributed by atoms with Crippen LogP contribution in [0.5, 0.6) is 0 Å². The summed E-state index contributed by atoms with van der Waals surface area (Å²) in [5.74, 6) is 6.70. The molecule has 1 aromatic carbocycles. The third-order valence-corrected chi connectivity index (χ3v) is 6.24. The molecule has 4 heteroatoms. The molecule has 3 aliphatic heterocycles. The average Bonchev–Trinajstić information content (AvgIpc) is 2.73. The second-order valence-electron chi connectivity index (χ2n) is 8.63. The van der Waals surface area contributed by atoms with E-state index in [1.165, 1.54) is 5.56 Å². The van der Waals surface area contributed by atoms with E-state index in [4.69, 9.17) is 0 Å². The fraction of sp³-hybridized carbons (Fsp3) is 0.480. The lowest BCUT2D eigenvalue weighted by Gasteiger charge is -2.47. The van der Waals surface area contributed by atoms with E-state index in [1.807, 2.05) is 31.3 Å². The van der Waals surface area contributed by atoms with Gasteiger partial charge >= 0.3 is 0 Å². The maximum atomic E-state index is 11.1. The van der Waals surface area contributed by atoms with Gasteiger partial charge in [-0.3, -0.25) is 4.90 Å². The highest BCUT2D eigenvalue weighted by Gasteiger charge is 2.44. The summed E-state index contributed by atoms with van der Waals surface area (Å²) < 4.78 is 0. The van der Waals surface area contributed by atoms with Gasteiger partial charge < -0.3 is 10.2 Å². The van der Waals surface area contributed by atoms with Crippen molar-refractivity contribution in [1.29, 1.82) is 0 Å². The minimum absolute atomic E-state index is 0.267. The lowest BCUT2D eigenvalue weighted by atomic mass is 9.76. The van der Waals surface area contributed by atoms with Crippen LogP contribution in [0.3, 0.4) is 0 Å². The van der Waals surface area contributed by atoms with Crippen molar-refractivity contribution in [3.05, 3.63) is 65.0 Å². The standard InChI is InChI=1S/C25H30N2O2/c1-19(28)7-8-21-16-22(15-20-5-3-2-4-6-20)24(26-17-21)9-12-25(29)18-27-13-10-23(25)11-14-27/h2-6,16-17,19,23,28-29H,7-8,10-11,13-15,18H2,1H3. The summed E-state index contributed by atoms with van der Waals surface area (Å²) in [6, 6.07) is 12.5. The Hall–Kier alpha value is -2.19. The minimum Gasteiger partial charge on any atom is -0.393 e. The Bertz CT molecular complexity index is 892. The van der Waals surface area contributed by atoms with Gasteiger partial charge in [0.15, 0.2) is 0 Å². The third kappa shape index (κ3) is 4.87. The first-order chi connectivity index (χ1) is 14.0. The topological polar surface area (TPSA) is 56.6 Å². The first-order valence-electron chi connectivity index (χ1n) is 10.7. The smallest absolute Gasteiger partial charge is 0.141 e. The highest BCUT2D eigenvalue weighted by atomic mass is 16.3. The van der Waals surface area contributed by atoms with Crippen molar-refractivity contribution in [2.45, 2.75) is 50.7 Å². The van der Waals surface area contributed by atoms with Crippen LogP contribution in [-0.4, -0.2) is 51.4 Å². The van der Waals surface area contributed by atoms with E-state index in [2.05, 4.69) is 39.9 Å². The molecule has 2 bridgehead atoms. The number of nitrogens with zero attached hydrogens (tertiary/aromatic N) is 2. The van der Waals surface area contributed by atoms with Gasteiger partial charge in [-0.1, -0.05) is 42.3 Å². The molecule has 29 heavy (non-hydrogen) atoms. The number of aromatic nitrogens is 1.